The standard InChI is InChI=1S/C12H5BBr2ClF2N3S/c14-8-3-1-6-11(12-19-5-10(16)22-12)7-2-4-9(15)21(7)13(17,18)20(6)8/h1-5H. The van der Waals surface area contributed by atoms with Crippen LogP contribution in [0.2, 0.25) is 4.34 Å². The molecule has 2 aromatic heterocycles. The van der Waals surface area contributed by atoms with Gasteiger partial charge in [-0.25, -0.2) is 4.98 Å². The highest BCUT2D eigenvalue weighted by atomic mass is 79.9. The Morgan fingerprint density at radius 3 is 2.73 bits per heavy atom. The molecule has 0 unspecified atom stereocenters. The number of halogens is 5. The van der Waals surface area contributed by atoms with Crippen molar-refractivity contribution >= 4 is 72.0 Å². The first kappa shape index (κ1) is 14.8. The van der Waals surface area contributed by atoms with Crippen LogP contribution in [0, 0.1) is 0 Å². The Labute approximate surface area is 149 Å². The second-order valence-electron chi connectivity index (χ2n) is 4.76. The van der Waals surface area contributed by atoms with E-state index in [1.165, 1.54) is 17.5 Å². The Bertz CT molecular complexity index is 915. The Hall–Kier alpha value is -0.765. The van der Waals surface area contributed by atoms with Crippen LogP contribution in [0.5, 0.6) is 0 Å². The maximum Gasteiger partial charge on any atom is 0.738 e. The van der Waals surface area contributed by atoms with Crippen molar-refractivity contribution in [2.24, 2.45) is 0 Å². The second kappa shape index (κ2) is 4.86. The fraction of sp³-hybridized carbons (Fsp3) is 0. The minimum atomic E-state index is -3.99. The summed E-state index contributed by atoms with van der Waals surface area (Å²) in [7, 11) is 0. The number of thiazole rings is 1. The molecule has 2 aromatic rings. The fourth-order valence-electron chi connectivity index (χ4n) is 2.72. The van der Waals surface area contributed by atoms with Crippen LogP contribution < -0.4 is 0 Å². The molecule has 0 N–H and O–H groups in total. The first-order valence-electron chi connectivity index (χ1n) is 6.16. The highest BCUT2D eigenvalue weighted by molar-refractivity contribution is 9.18. The predicted octanol–water partition coefficient (Wildman–Crippen LogP) is 4.73. The fourth-order valence-corrected chi connectivity index (χ4v) is 4.84. The number of allylic oxidation sites excluding steroid dienone is 2. The van der Waals surface area contributed by atoms with E-state index in [1.54, 1.807) is 24.3 Å². The van der Waals surface area contributed by atoms with E-state index in [-0.39, 0.29) is 0 Å². The van der Waals surface area contributed by atoms with Gasteiger partial charge in [0, 0.05) is 33.8 Å². The quantitative estimate of drug-likeness (QED) is 0.556. The molecule has 0 saturated heterocycles. The van der Waals surface area contributed by atoms with Gasteiger partial charge >= 0.3 is 6.97 Å². The van der Waals surface area contributed by atoms with Gasteiger partial charge in [0.05, 0.1) is 16.4 Å². The molecule has 0 fully saturated rings. The minimum absolute atomic E-state index is 0.318. The van der Waals surface area contributed by atoms with Crippen LogP contribution in [0.15, 0.2) is 40.8 Å². The number of fused-ring (bicyclic) bond motifs is 2. The van der Waals surface area contributed by atoms with Crippen molar-refractivity contribution in [2.45, 2.75) is 0 Å². The third-order valence-corrected chi connectivity index (χ3v) is 5.99. The maximum atomic E-state index is 14.9. The Morgan fingerprint density at radius 1 is 1.27 bits per heavy atom. The molecule has 0 radical (unpaired) electrons. The van der Waals surface area contributed by atoms with E-state index in [0.717, 1.165) is 8.96 Å². The van der Waals surface area contributed by atoms with E-state index in [1.807, 2.05) is 0 Å². The van der Waals surface area contributed by atoms with Gasteiger partial charge in [0.25, 0.3) is 0 Å². The van der Waals surface area contributed by atoms with Gasteiger partial charge in [0.15, 0.2) is 5.70 Å². The number of nitrogens with zero attached hydrogens (tertiary/aromatic N) is 3. The number of hydrogen-bond acceptors (Lipinski definition) is 2. The van der Waals surface area contributed by atoms with Crippen LogP contribution in [0.4, 0.5) is 8.63 Å². The first-order valence-corrected chi connectivity index (χ1v) is 8.94. The molecule has 0 atom stereocenters. The molecule has 0 amide bonds. The van der Waals surface area contributed by atoms with Crippen molar-refractivity contribution in [1.82, 2.24) is 9.46 Å². The van der Waals surface area contributed by atoms with Crippen molar-refractivity contribution in [2.75, 3.05) is 0 Å². The lowest BCUT2D eigenvalue weighted by Gasteiger charge is -2.31. The third kappa shape index (κ3) is 1.89. The van der Waals surface area contributed by atoms with E-state index in [2.05, 4.69) is 36.8 Å². The van der Waals surface area contributed by atoms with E-state index in [0.29, 0.717) is 35.5 Å². The summed E-state index contributed by atoms with van der Waals surface area (Å²) in [6.07, 6.45) is 4.80. The molecule has 4 rings (SSSR count). The van der Waals surface area contributed by atoms with Gasteiger partial charge in [0.1, 0.15) is 9.34 Å². The van der Waals surface area contributed by atoms with Crippen LogP contribution in [0.3, 0.4) is 0 Å². The zero-order chi connectivity index (χ0) is 15.6. The van der Waals surface area contributed by atoms with Gasteiger partial charge in [-0.1, -0.05) is 11.6 Å². The van der Waals surface area contributed by atoms with Crippen LogP contribution in [-0.4, -0.2) is 25.5 Å². The van der Waals surface area contributed by atoms with Crippen LogP contribution in [0.1, 0.15) is 10.7 Å². The topological polar surface area (TPSA) is 20.8 Å². The number of aromatic nitrogens is 2. The van der Waals surface area contributed by atoms with Gasteiger partial charge < -0.3 is 17.6 Å². The lowest BCUT2D eigenvalue weighted by atomic mass is 9.89. The summed E-state index contributed by atoms with van der Waals surface area (Å²) >= 11 is 13.7. The van der Waals surface area contributed by atoms with Gasteiger partial charge in [-0.15, -0.1) is 11.3 Å². The van der Waals surface area contributed by atoms with Crippen molar-refractivity contribution in [3.63, 3.8) is 0 Å². The SMILES string of the molecule is F[B-]1(F)n2c(Br)ccc2C(c2ncc(Cl)s2)=C2C=CC(Br)=[N+]21. The summed E-state index contributed by atoms with van der Waals surface area (Å²) in [5.74, 6) is 0. The third-order valence-electron chi connectivity index (χ3n) is 3.56. The second-order valence-corrected chi connectivity index (χ2v) is 8.04. The lowest BCUT2D eigenvalue weighted by molar-refractivity contribution is -0.358. The van der Waals surface area contributed by atoms with Gasteiger partial charge in [-0.2, -0.15) is 0 Å². The normalized spacial score (nSPS) is 19.0. The van der Waals surface area contributed by atoms with Gasteiger partial charge in [0.2, 0.25) is 4.62 Å². The zero-order valence-electron chi connectivity index (χ0n) is 10.6. The van der Waals surface area contributed by atoms with E-state index in [4.69, 9.17) is 11.6 Å². The molecule has 0 spiro atoms. The molecule has 0 aliphatic carbocycles. The average Bonchev–Trinajstić information content (AvgIpc) is 3.12. The van der Waals surface area contributed by atoms with E-state index >= 15 is 0 Å². The Balaban J connectivity index is 2.12. The average molecular weight is 467 g/mol. The molecule has 0 aromatic carbocycles. The molecular formula is C12H5BBr2ClF2N3S. The summed E-state index contributed by atoms with van der Waals surface area (Å²) in [6.45, 7) is -3.99. The summed E-state index contributed by atoms with van der Waals surface area (Å²) in [5, 5.41) is 0.606. The largest absolute Gasteiger partial charge is 0.738 e. The predicted molar refractivity (Wildman–Crippen MR) is 92.0 cm³/mol. The Morgan fingerprint density at radius 2 is 2.05 bits per heavy atom. The highest BCUT2D eigenvalue weighted by Gasteiger charge is 2.54. The number of hydrogen-bond donors (Lipinski definition) is 0. The molecule has 2 aliphatic heterocycles. The van der Waals surface area contributed by atoms with E-state index in [9.17, 15) is 8.63 Å². The number of rotatable bonds is 1. The molecule has 4 heterocycles. The van der Waals surface area contributed by atoms with Gasteiger partial charge in [-0.05, 0) is 28.1 Å². The Kier molecular flexibility index (Phi) is 3.27. The molecule has 2 aliphatic rings. The smallest absolute Gasteiger partial charge is 0.389 e. The maximum absolute atomic E-state index is 14.9. The summed E-state index contributed by atoms with van der Waals surface area (Å²) < 4.78 is 33.0. The lowest BCUT2D eigenvalue weighted by Crippen LogP contribution is -2.50. The minimum Gasteiger partial charge on any atom is -0.389 e. The molecule has 0 saturated carbocycles. The first-order chi connectivity index (χ1) is 10.4. The molecular weight excluding hydrogens is 462 g/mol. The van der Waals surface area contributed by atoms with Crippen LogP contribution in [-0.2, 0) is 0 Å². The molecule has 112 valence electrons. The molecule has 0 bridgehead atoms. The van der Waals surface area contributed by atoms with Gasteiger partial charge in [-0.3, -0.25) is 0 Å². The zero-order valence-corrected chi connectivity index (χ0v) is 15.3. The highest BCUT2D eigenvalue weighted by Crippen LogP contribution is 2.43. The summed E-state index contributed by atoms with van der Waals surface area (Å²) in [6, 6.07) is 3.27. The monoisotopic (exact) mass is 465 g/mol. The molecule has 22 heavy (non-hydrogen) atoms. The van der Waals surface area contributed by atoms with Crippen molar-refractivity contribution in [3.8, 4) is 0 Å². The summed E-state index contributed by atoms with van der Waals surface area (Å²) in [4.78, 5) is 4.26. The van der Waals surface area contributed by atoms with Crippen LogP contribution in [0.25, 0.3) is 5.57 Å². The van der Waals surface area contributed by atoms with E-state index < -0.39 is 6.97 Å². The van der Waals surface area contributed by atoms with Crippen molar-refractivity contribution in [1.29, 1.82) is 0 Å². The van der Waals surface area contributed by atoms with Crippen molar-refractivity contribution < 1.29 is 13.1 Å². The van der Waals surface area contributed by atoms with Crippen LogP contribution >= 0.6 is 54.8 Å². The molecule has 3 nitrogen and oxygen atoms in total. The molecule has 10 heteroatoms. The van der Waals surface area contributed by atoms with Crippen molar-refractivity contribution in [3.05, 3.63) is 55.8 Å². The summed E-state index contributed by atoms with van der Waals surface area (Å²) in [5.41, 5.74) is 1.48.